The fourth-order valence-corrected chi connectivity index (χ4v) is 3.67. The van der Waals surface area contributed by atoms with E-state index in [1.165, 1.54) is 11.1 Å². The molecule has 0 aliphatic heterocycles. The van der Waals surface area contributed by atoms with Crippen molar-refractivity contribution in [3.63, 3.8) is 0 Å². The topological polar surface area (TPSA) is 0 Å². The Kier molecular flexibility index (Phi) is 2.77. The largest absolute Gasteiger partial charge is 0.237 e. The van der Waals surface area contributed by atoms with Crippen LogP contribution in [0.4, 0.5) is 0 Å². The van der Waals surface area contributed by atoms with Gasteiger partial charge >= 0.3 is 0 Å². The second kappa shape index (κ2) is 3.87. The first kappa shape index (κ1) is 9.32. The third kappa shape index (κ3) is 1.98. The maximum atomic E-state index is 5.89. The summed E-state index contributed by atoms with van der Waals surface area (Å²) in [6.45, 7) is 0. The molecule has 0 fully saturated rings. The Morgan fingerprint density at radius 3 is 2.77 bits per heavy atom. The van der Waals surface area contributed by atoms with Crippen LogP contribution in [0.15, 0.2) is 30.3 Å². The van der Waals surface area contributed by atoms with Gasteiger partial charge in [-0.25, -0.2) is 0 Å². The van der Waals surface area contributed by atoms with Crippen LogP contribution in [0.2, 0.25) is 6.04 Å². The highest BCUT2D eigenvalue weighted by Gasteiger charge is 2.19. The van der Waals surface area contributed by atoms with Crippen molar-refractivity contribution in [2.75, 3.05) is 0 Å². The van der Waals surface area contributed by atoms with Crippen molar-refractivity contribution in [2.45, 2.75) is 12.0 Å². The van der Waals surface area contributed by atoms with Gasteiger partial charge in [-0.1, -0.05) is 36.4 Å². The average Bonchev–Trinajstić information content (AvgIpc) is 2.48. The van der Waals surface area contributed by atoms with Crippen LogP contribution in [0.25, 0.3) is 6.08 Å². The minimum atomic E-state index is -1.49. The zero-order valence-corrected chi connectivity index (χ0v) is 9.75. The predicted octanol–water partition coefficient (Wildman–Crippen LogP) is 3.50. The molecule has 0 heterocycles. The van der Waals surface area contributed by atoms with Crippen LogP contribution >= 0.6 is 22.2 Å². The predicted molar refractivity (Wildman–Crippen MR) is 61.9 cm³/mol. The molecule has 3 heteroatoms. The van der Waals surface area contributed by atoms with Crippen LogP contribution in [-0.4, -0.2) is 7.42 Å². The van der Waals surface area contributed by atoms with Gasteiger partial charge < -0.3 is 0 Å². The minimum Gasteiger partial charge on any atom is -0.150 e. The van der Waals surface area contributed by atoms with Gasteiger partial charge in [0.15, 0.2) is 0 Å². The highest BCUT2D eigenvalue weighted by molar-refractivity contribution is 7.33. The Morgan fingerprint density at radius 2 is 2.00 bits per heavy atom. The normalized spacial score (nSPS) is 19.5. The molecule has 0 saturated heterocycles. The van der Waals surface area contributed by atoms with Crippen molar-refractivity contribution < 1.29 is 0 Å². The van der Waals surface area contributed by atoms with Gasteiger partial charge in [-0.3, -0.25) is 0 Å². The molecule has 1 atom stereocenters. The third-order valence-corrected chi connectivity index (χ3v) is 4.27. The number of fused-ring (bicyclic) bond motifs is 1. The SMILES string of the molecule is Cl[SiH](Cl)CC1C=Cc2ccccc21. The van der Waals surface area contributed by atoms with E-state index in [1.807, 2.05) is 0 Å². The fourth-order valence-electron chi connectivity index (χ4n) is 1.72. The standard InChI is InChI=1S/C10H10Cl2Si/c11-13(12)7-9-6-5-8-3-1-2-4-10(8)9/h1-6,9,13H,7H2. The molecular weight excluding hydrogens is 219 g/mol. The molecule has 0 aromatic heterocycles. The van der Waals surface area contributed by atoms with E-state index in [9.17, 15) is 0 Å². The summed E-state index contributed by atoms with van der Waals surface area (Å²) in [6.07, 6.45) is 4.36. The lowest BCUT2D eigenvalue weighted by atomic mass is 10.0. The molecule has 68 valence electrons. The lowest BCUT2D eigenvalue weighted by Gasteiger charge is -2.09. The van der Waals surface area contributed by atoms with E-state index in [-0.39, 0.29) is 0 Å². The summed E-state index contributed by atoms with van der Waals surface area (Å²) in [5.74, 6) is 0.461. The molecule has 1 aliphatic rings. The number of rotatable bonds is 2. The van der Waals surface area contributed by atoms with Crippen LogP contribution in [0, 0.1) is 0 Å². The molecule has 0 radical (unpaired) electrons. The monoisotopic (exact) mass is 228 g/mol. The van der Waals surface area contributed by atoms with Crippen LogP contribution in [0.5, 0.6) is 0 Å². The van der Waals surface area contributed by atoms with Gasteiger partial charge in [-0.2, -0.15) is 22.2 Å². The minimum absolute atomic E-state index is 0.461. The first-order valence-electron chi connectivity index (χ1n) is 4.32. The summed E-state index contributed by atoms with van der Waals surface area (Å²) < 4.78 is 0. The Bertz CT molecular complexity index is 333. The summed E-state index contributed by atoms with van der Waals surface area (Å²) in [5, 5.41) is 0. The highest BCUT2D eigenvalue weighted by Crippen LogP contribution is 2.34. The van der Waals surface area contributed by atoms with Gasteiger partial charge in [-0.05, 0) is 17.2 Å². The third-order valence-electron chi connectivity index (χ3n) is 2.34. The van der Waals surface area contributed by atoms with Gasteiger partial charge in [0.25, 0.3) is 0 Å². The molecular formula is C10H10Cl2Si. The number of hydrogen-bond acceptors (Lipinski definition) is 0. The Balaban J connectivity index is 2.23. The molecule has 0 bridgehead atoms. The fraction of sp³-hybridized carbons (Fsp3) is 0.200. The summed E-state index contributed by atoms with van der Waals surface area (Å²) in [7, 11) is -1.49. The summed E-state index contributed by atoms with van der Waals surface area (Å²) >= 11 is 11.8. The lowest BCUT2D eigenvalue weighted by Crippen LogP contribution is -2.00. The van der Waals surface area contributed by atoms with Crippen molar-refractivity contribution in [1.82, 2.24) is 0 Å². The quantitative estimate of drug-likeness (QED) is 0.538. The Hall–Kier alpha value is -0.243. The number of benzene rings is 1. The van der Waals surface area contributed by atoms with E-state index in [1.54, 1.807) is 0 Å². The molecule has 1 aromatic rings. The van der Waals surface area contributed by atoms with Crippen molar-refractivity contribution in [3.05, 3.63) is 41.5 Å². The Labute approximate surface area is 89.2 Å². The van der Waals surface area contributed by atoms with Gasteiger partial charge in [0, 0.05) is 5.92 Å². The zero-order valence-electron chi connectivity index (χ0n) is 7.08. The first-order valence-corrected chi connectivity index (χ1v) is 8.63. The van der Waals surface area contributed by atoms with Crippen LogP contribution in [0.1, 0.15) is 17.0 Å². The van der Waals surface area contributed by atoms with E-state index < -0.39 is 7.42 Å². The number of halogens is 2. The molecule has 1 aromatic carbocycles. The maximum Gasteiger partial charge on any atom is 0.237 e. The summed E-state index contributed by atoms with van der Waals surface area (Å²) in [5.41, 5.74) is 2.69. The molecule has 0 saturated carbocycles. The number of hydrogen-bond donors (Lipinski definition) is 0. The molecule has 0 nitrogen and oxygen atoms in total. The van der Waals surface area contributed by atoms with E-state index in [4.69, 9.17) is 22.2 Å². The van der Waals surface area contributed by atoms with Crippen molar-refractivity contribution in [1.29, 1.82) is 0 Å². The van der Waals surface area contributed by atoms with E-state index in [0.717, 1.165) is 6.04 Å². The number of allylic oxidation sites excluding steroid dienone is 1. The van der Waals surface area contributed by atoms with Gasteiger partial charge in [0.2, 0.25) is 7.42 Å². The first-order chi connectivity index (χ1) is 6.27. The molecule has 0 amide bonds. The summed E-state index contributed by atoms with van der Waals surface area (Å²) in [4.78, 5) is 0. The highest BCUT2D eigenvalue weighted by atomic mass is 35.7. The van der Waals surface area contributed by atoms with Gasteiger partial charge in [0.05, 0.1) is 0 Å². The average molecular weight is 229 g/mol. The second-order valence-electron chi connectivity index (χ2n) is 3.22. The maximum absolute atomic E-state index is 5.89. The molecule has 13 heavy (non-hydrogen) atoms. The summed E-state index contributed by atoms with van der Waals surface area (Å²) in [6, 6.07) is 9.35. The molecule has 2 rings (SSSR count). The van der Waals surface area contributed by atoms with E-state index in [0.29, 0.717) is 5.92 Å². The van der Waals surface area contributed by atoms with Gasteiger partial charge in [-0.15, -0.1) is 0 Å². The lowest BCUT2D eigenvalue weighted by molar-refractivity contribution is 0.981. The van der Waals surface area contributed by atoms with Crippen molar-refractivity contribution in [3.8, 4) is 0 Å². The van der Waals surface area contributed by atoms with E-state index >= 15 is 0 Å². The molecule has 1 unspecified atom stereocenters. The second-order valence-corrected chi connectivity index (χ2v) is 8.31. The van der Waals surface area contributed by atoms with Crippen molar-refractivity contribution in [2.24, 2.45) is 0 Å². The molecule has 0 N–H and O–H groups in total. The van der Waals surface area contributed by atoms with Gasteiger partial charge in [0.1, 0.15) is 0 Å². The van der Waals surface area contributed by atoms with Crippen molar-refractivity contribution >= 4 is 35.7 Å². The molecule has 0 spiro atoms. The van der Waals surface area contributed by atoms with Crippen LogP contribution < -0.4 is 0 Å². The van der Waals surface area contributed by atoms with Crippen LogP contribution in [0.3, 0.4) is 0 Å². The molecule has 1 aliphatic carbocycles. The zero-order chi connectivity index (χ0) is 9.26. The van der Waals surface area contributed by atoms with Crippen LogP contribution in [-0.2, 0) is 0 Å². The smallest absolute Gasteiger partial charge is 0.150 e. The Morgan fingerprint density at radius 1 is 1.23 bits per heavy atom. The van der Waals surface area contributed by atoms with E-state index in [2.05, 4.69) is 36.4 Å².